The van der Waals surface area contributed by atoms with Crippen LogP contribution in [0.15, 0.2) is 0 Å². The quantitative estimate of drug-likeness (QED) is 0.694. The van der Waals surface area contributed by atoms with Crippen LogP contribution in [0, 0.1) is 11.8 Å². The highest BCUT2D eigenvalue weighted by Crippen LogP contribution is 2.30. The first-order chi connectivity index (χ1) is 6.50. The Hall–Kier alpha value is -0.0800. The Balaban J connectivity index is 2.48. The van der Waals surface area contributed by atoms with Crippen molar-refractivity contribution in [3.8, 4) is 0 Å². The second-order valence-corrected chi connectivity index (χ2v) is 5.06. The molecule has 0 bridgehead atoms. The van der Waals surface area contributed by atoms with E-state index in [1.165, 1.54) is 6.42 Å². The van der Waals surface area contributed by atoms with Crippen LogP contribution in [0.1, 0.15) is 41.0 Å². The monoisotopic (exact) mass is 200 g/mol. The average molecular weight is 200 g/mol. The molecule has 0 radical (unpaired) electrons. The SMILES string of the molecule is CC(C)C[C@H]1C(OC(C)C)CO[C@H]1C. The summed E-state index contributed by atoms with van der Waals surface area (Å²) >= 11 is 0. The summed E-state index contributed by atoms with van der Waals surface area (Å²) in [7, 11) is 0. The van der Waals surface area contributed by atoms with E-state index in [4.69, 9.17) is 9.47 Å². The minimum absolute atomic E-state index is 0.309. The molecule has 2 heteroatoms. The van der Waals surface area contributed by atoms with E-state index in [0.717, 1.165) is 12.5 Å². The van der Waals surface area contributed by atoms with Crippen molar-refractivity contribution in [2.24, 2.45) is 11.8 Å². The Morgan fingerprint density at radius 1 is 1.29 bits per heavy atom. The van der Waals surface area contributed by atoms with Gasteiger partial charge in [-0.1, -0.05) is 13.8 Å². The van der Waals surface area contributed by atoms with Crippen LogP contribution >= 0.6 is 0 Å². The van der Waals surface area contributed by atoms with Crippen LogP contribution in [0.25, 0.3) is 0 Å². The summed E-state index contributed by atoms with van der Waals surface area (Å²) < 4.78 is 11.5. The van der Waals surface area contributed by atoms with E-state index >= 15 is 0 Å². The van der Waals surface area contributed by atoms with Crippen LogP contribution in [0.3, 0.4) is 0 Å². The van der Waals surface area contributed by atoms with Crippen molar-refractivity contribution >= 4 is 0 Å². The van der Waals surface area contributed by atoms with Crippen molar-refractivity contribution in [1.29, 1.82) is 0 Å². The average Bonchev–Trinajstić information content (AvgIpc) is 2.34. The maximum atomic E-state index is 5.87. The maximum Gasteiger partial charge on any atom is 0.0864 e. The van der Waals surface area contributed by atoms with Crippen LogP contribution in [0.5, 0.6) is 0 Å². The molecular formula is C12H24O2. The summed E-state index contributed by atoms with van der Waals surface area (Å²) in [6, 6.07) is 0. The molecule has 3 atom stereocenters. The number of rotatable bonds is 4. The lowest BCUT2D eigenvalue weighted by molar-refractivity contribution is -0.0166. The van der Waals surface area contributed by atoms with Crippen LogP contribution < -0.4 is 0 Å². The van der Waals surface area contributed by atoms with E-state index in [9.17, 15) is 0 Å². The lowest BCUT2D eigenvalue weighted by Gasteiger charge is -2.24. The molecule has 1 saturated heterocycles. The van der Waals surface area contributed by atoms with Gasteiger partial charge >= 0.3 is 0 Å². The molecule has 0 aliphatic carbocycles. The van der Waals surface area contributed by atoms with E-state index in [0.29, 0.717) is 24.2 Å². The fourth-order valence-electron chi connectivity index (χ4n) is 2.17. The zero-order valence-corrected chi connectivity index (χ0v) is 10.1. The fourth-order valence-corrected chi connectivity index (χ4v) is 2.17. The number of hydrogen-bond donors (Lipinski definition) is 0. The van der Waals surface area contributed by atoms with E-state index in [-0.39, 0.29) is 0 Å². The minimum Gasteiger partial charge on any atom is -0.375 e. The molecule has 1 fully saturated rings. The molecule has 1 aliphatic heterocycles. The predicted molar refractivity (Wildman–Crippen MR) is 58.4 cm³/mol. The normalized spacial score (nSPS) is 33.2. The fraction of sp³-hybridized carbons (Fsp3) is 1.00. The van der Waals surface area contributed by atoms with Gasteiger partial charge in [-0.3, -0.25) is 0 Å². The van der Waals surface area contributed by atoms with Gasteiger partial charge in [-0.15, -0.1) is 0 Å². The number of ether oxygens (including phenoxy) is 2. The minimum atomic E-state index is 0.309. The molecule has 0 aromatic rings. The molecule has 14 heavy (non-hydrogen) atoms. The molecule has 2 nitrogen and oxygen atoms in total. The van der Waals surface area contributed by atoms with Gasteiger partial charge in [0.2, 0.25) is 0 Å². The predicted octanol–water partition coefficient (Wildman–Crippen LogP) is 2.86. The van der Waals surface area contributed by atoms with Gasteiger partial charge in [-0.05, 0) is 33.1 Å². The van der Waals surface area contributed by atoms with Gasteiger partial charge in [0.1, 0.15) is 0 Å². The van der Waals surface area contributed by atoms with Crippen molar-refractivity contribution in [3.63, 3.8) is 0 Å². The van der Waals surface area contributed by atoms with E-state index in [1.54, 1.807) is 0 Å². The van der Waals surface area contributed by atoms with Gasteiger partial charge in [0, 0.05) is 5.92 Å². The van der Waals surface area contributed by atoms with E-state index < -0.39 is 0 Å². The highest BCUT2D eigenvalue weighted by Gasteiger charge is 2.35. The Morgan fingerprint density at radius 2 is 1.93 bits per heavy atom. The van der Waals surface area contributed by atoms with Crippen LogP contribution in [0.4, 0.5) is 0 Å². The van der Waals surface area contributed by atoms with Crippen LogP contribution in [-0.2, 0) is 9.47 Å². The molecule has 1 rings (SSSR count). The summed E-state index contributed by atoms with van der Waals surface area (Å²) in [4.78, 5) is 0. The largest absolute Gasteiger partial charge is 0.375 e. The van der Waals surface area contributed by atoms with Gasteiger partial charge in [0.25, 0.3) is 0 Å². The third-order valence-corrected chi connectivity index (χ3v) is 2.79. The summed E-state index contributed by atoms with van der Waals surface area (Å²) in [5.74, 6) is 1.31. The second kappa shape index (κ2) is 5.13. The molecule has 0 aromatic heterocycles. The van der Waals surface area contributed by atoms with Gasteiger partial charge in [0.15, 0.2) is 0 Å². The Bertz CT molecular complexity index is 166. The highest BCUT2D eigenvalue weighted by molar-refractivity contribution is 4.83. The van der Waals surface area contributed by atoms with Crippen molar-refractivity contribution in [1.82, 2.24) is 0 Å². The molecule has 0 saturated carbocycles. The summed E-state index contributed by atoms with van der Waals surface area (Å²) in [6.45, 7) is 11.6. The topological polar surface area (TPSA) is 18.5 Å². The Morgan fingerprint density at radius 3 is 2.43 bits per heavy atom. The van der Waals surface area contributed by atoms with Crippen molar-refractivity contribution in [2.45, 2.75) is 59.4 Å². The molecule has 84 valence electrons. The third-order valence-electron chi connectivity index (χ3n) is 2.79. The molecular weight excluding hydrogens is 176 g/mol. The zero-order chi connectivity index (χ0) is 10.7. The van der Waals surface area contributed by atoms with Crippen molar-refractivity contribution < 1.29 is 9.47 Å². The zero-order valence-electron chi connectivity index (χ0n) is 10.1. The van der Waals surface area contributed by atoms with Crippen LogP contribution in [0.2, 0.25) is 0 Å². The first-order valence-electron chi connectivity index (χ1n) is 5.77. The Kier molecular flexibility index (Phi) is 4.39. The third kappa shape index (κ3) is 3.25. The molecule has 0 N–H and O–H groups in total. The van der Waals surface area contributed by atoms with Crippen molar-refractivity contribution in [3.05, 3.63) is 0 Å². The van der Waals surface area contributed by atoms with E-state index in [2.05, 4.69) is 34.6 Å². The Labute approximate surface area is 88.0 Å². The first kappa shape index (κ1) is 12.0. The maximum absolute atomic E-state index is 5.87. The van der Waals surface area contributed by atoms with Gasteiger partial charge < -0.3 is 9.47 Å². The molecule has 1 heterocycles. The van der Waals surface area contributed by atoms with Gasteiger partial charge in [0.05, 0.1) is 24.9 Å². The standard InChI is InChI=1S/C12H24O2/c1-8(2)6-11-10(5)13-7-12(11)14-9(3)4/h8-12H,6-7H2,1-5H3/t10-,11+,12?/m0/s1. The summed E-state index contributed by atoms with van der Waals surface area (Å²) in [5, 5.41) is 0. The molecule has 0 aromatic carbocycles. The number of hydrogen-bond acceptors (Lipinski definition) is 2. The van der Waals surface area contributed by atoms with E-state index in [1.807, 2.05) is 0 Å². The second-order valence-electron chi connectivity index (χ2n) is 5.06. The molecule has 1 aliphatic rings. The molecule has 0 amide bonds. The lowest BCUT2D eigenvalue weighted by atomic mass is 9.90. The first-order valence-corrected chi connectivity index (χ1v) is 5.77. The van der Waals surface area contributed by atoms with Crippen LogP contribution in [-0.4, -0.2) is 24.9 Å². The smallest absolute Gasteiger partial charge is 0.0864 e. The van der Waals surface area contributed by atoms with Gasteiger partial charge in [-0.25, -0.2) is 0 Å². The molecule has 1 unspecified atom stereocenters. The van der Waals surface area contributed by atoms with Gasteiger partial charge in [-0.2, -0.15) is 0 Å². The lowest BCUT2D eigenvalue weighted by Crippen LogP contribution is -2.29. The van der Waals surface area contributed by atoms with Crippen molar-refractivity contribution in [2.75, 3.05) is 6.61 Å². The summed E-state index contributed by atoms with van der Waals surface area (Å²) in [5.41, 5.74) is 0. The highest BCUT2D eigenvalue weighted by atomic mass is 16.6. The molecule has 0 spiro atoms. The summed E-state index contributed by atoms with van der Waals surface area (Å²) in [6.07, 6.45) is 2.19.